The molecular formula is C12H12N2O2S4. The molecule has 0 aliphatic carbocycles. The Morgan fingerprint density at radius 1 is 0.900 bits per heavy atom. The van der Waals surface area contributed by atoms with Crippen molar-refractivity contribution in [3.05, 3.63) is 21.4 Å². The van der Waals surface area contributed by atoms with Crippen LogP contribution in [0.5, 0.6) is 0 Å². The maximum absolute atomic E-state index is 10.5. The largest absolute Gasteiger partial charge is 0.303 e. The van der Waals surface area contributed by atoms with Crippen molar-refractivity contribution in [3.63, 3.8) is 0 Å². The minimum atomic E-state index is 0.375. The lowest BCUT2D eigenvalue weighted by Crippen LogP contribution is -1.83. The van der Waals surface area contributed by atoms with Gasteiger partial charge in [0.25, 0.3) is 0 Å². The number of aryl methyl sites for hydroxylation is 2. The van der Waals surface area contributed by atoms with E-state index in [4.69, 9.17) is 0 Å². The molecule has 2 heterocycles. The summed E-state index contributed by atoms with van der Waals surface area (Å²) < 4.78 is 2.22. The van der Waals surface area contributed by atoms with E-state index in [9.17, 15) is 9.59 Å². The molecule has 0 aliphatic rings. The highest BCUT2D eigenvalue weighted by Gasteiger charge is 2.12. The lowest BCUT2D eigenvalue weighted by atomic mass is 10.5. The fourth-order valence-corrected chi connectivity index (χ4v) is 6.64. The number of aromatic nitrogens is 2. The van der Waals surface area contributed by atoms with Crippen LogP contribution in [0.15, 0.2) is 8.42 Å². The standard InChI is InChI=1S/C12H12N2O2S4/c1-7-11(17-9(13-7)3-5-15)19-20-12-8(2)14-10(18-12)4-6-16/h5-6H,3-4H2,1-2H3. The molecule has 0 saturated carbocycles. The maximum atomic E-state index is 10.5. The number of nitrogens with zero attached hydrogens (tertiary/aromatic N) is 2. The second-order valence-corrected chi connectivity index (χ2v) is 8.70. The Labute approximate surface area is 132 Å². The van der Waals surface area contributed by atoms with Crippen molar-refractivity contribution in [2.75, 3.05) is 0 Å². The van der Waals surface area contributed by atoms with E-state index in [2.05, 4.69) is 9.97 Å². The molecule has 0 saturated heterocycles. The van der Waals surface area contributed by atoms with Gasteiger partial charge in [0.1, 0.15) is 22.6 Å². The summed E-state index contributed by atoms with van der Waals surface area (Å²) in [5.41, 5.74) is 1.92. The zero-order valence-corrected chi connectivity index (χ0v) is 14.2. The zero-order valence-electron chi connectivity index (χ0n) is 10.9. The molecule has 0 bridgehead atoms. The predicted octanol–water partition coefficient (Wildman–Crippen LogP) is 3.50. The maximum Gasteiger partial charge on any atom is 0.126 e. The van der Waals surface area contributed by atoms with E-state index in [0.717, 1.165) is 42.4 Å². The van der Waals surface area contributed by atoms with Crippen molar-refractivity contribution < 1.29 is 9.59 Å². The summed E-state index contributed by atoms with van der Waals surface area (Å²) in [7, 11) is 3.26. The Kier molecular flexibility index (Phi) is 5.76. The van der Waals surface area contributed by atoms with Crippen molar-refractivity contribution >= 4 is 56.8 Å². The summed E-state index contributed by atoms with van der Waals surface area (Å²) in [5, 5.41) is 1.70. The Hall–Kier alpha value is -0.700. The molecule has 2 rings (SSSR count). The van der Waals surface area contributed by atoms with Gasteiger partial charge in [0.2, 0.25) is 0 Å². The Bertz CT molecular complexity index is 567. The van der Waals surface area contributed by atoms with Gasteiger partial charge in [0.05, 0.1) is 32.6 Å². The molecule has 0 aromatic carbocycles. The van der Waals surface area contributed by atoms with E-state index in [1.165, 1.54) is 0 Å². The van der Waals surface area contributed by atoms with Crippen LogP contribution in [0.3, 0.4) is 0 Å². The Morgan fingerprint density at radius 2 is 1.30 bits per heavy atom. The minimum Gasteiger partial charge on any atom is -0.303 e. The van der Waals surface area contributed by atoms with E-state index >= 15 is 0 Å². The molecule has 2 aromatic rings. The van der Waals surface area contributed by atoms with Gasteiger partial charge < -0.3 is 9.59 Å². The number of carbonyl (C=O) groups excluding carboxylic acids is 2. The number of hydrogen-bond donors (Lipinski definition) is 0. The van der Waals surface area contributed by atoms with Gasteiger partial charge >= 0.3 is 0 Å². The van der Waals surface area contributed by atoms with Crippen molar-refractivity contribution in [1.82, 2.24) is 9.97 Å². The molecule has 20 heavy (non-hydrogen) atoms. The van der Waals surface area contributed by atoms with E-state index in [1.807, 2.05) is 13.8 Å². The lowest BCUT2D eigenvalue weighted by Gasteiger charge is -1.96. The average molecular weight is 345 g/mol. The molecule has 8 heteroatoms. The summed E-state index contributed by atoms with van der Waals surface area (Å²) in [6, 6.07) is 0. The number of carbonyl (C=O) groups is 2. The summed E-state index contributed by atoms with van der Waals surface area (Å²) in [6.45, 7) is 3.90. The number of aldehydes is 2. The van der Waals surface area contributed by atoms with Crippen LogP contribution in [-0.2, 0) is 22.4 Å². The number of thiazole rings is 2. The monoisotopic (exact) mass is 344 g/mol. The van der Waals surface area contributed by atoms with Crippen LogP contribution in [-0.4, -0.2) is 22.5 Å². The summed E-state index contributed by atoms with van der Waals surface area (Å²) >= 11 is 3.11. The second kappa shape index (κ2) is 7.35. The third-order valence-corrected chi connectivity index (χ3v) is 8.11. The molecule has 0 atom stereocenters. The van der Waals surface area contributed by atoms with E-state index in [1.54, 1.807) is 44.3 Å². The van der Waals surface area contributed by atoms with Gasteiger partial charge in [-0.05, 0) is 35.4 Å². The molecule has 0 N–H and O–H groups in total. The molecule has 0 amide bonds. The van der Waals surface area contributed by atoms with Crippen molar-refractivity contribution in [2.24, 2.45) is 0 Å². The van der Waals surface area contributed by atoms with Gasteiger partial charge in [-0.25, -0.2) is 9.97 Å². The first-order chi connectivity index (χ1) is 9.63. The number of hydrogen-bond acceptors (Lipinski definition) is 8. The third-order valence-electron chi connectivity index (χ3n) is 2.31. The normalized spacial score (nSPS) is 10.7. The highest BCUT2D eigenvalue weighted by atomic mass is 33.1. The van der Waals surface area contributed by atoms with Crippen LogP contribution in [0.2, 0.25) is 0 Å². The fourth-order valence-electron chi connectivity index (χ4n) is 1.42. The van der Waals surface area contributed by atoms with Crippen molar-refractivity contribution in [2.45, 2.75) is 35.1 Å². The lowest BCUT2D eigenvalue weighted by molar-refractivity contribution is -0.108. The van der Waals surface area contributed by atoms with E-state index in [-0.39, 0.29) is 0 Å². The molecule has 4 nitrogen and oxygen atoms in total. The Balaban J connectivity index is 2.04. The first-order valence-electron chi connectivity index (χ1n) is 5.78. The average Bonchev–Trinajstić information content (AvgIpc) is 2.91. The van der Waals surface area contributed by atoms with Crippen LogP contribution in [0, 0.1) is 13.8 Å². The summed E-state index contributed by atoms with van der Waals surface area (Å²) in [6.07, 6.45) is 2.50. The predicted molar refractivity (Wildman–Crippen MR) is 85.0 cm³/mol. The van der Waals surface area contributed by atoms with Crippen LogP contribution in [0.25, 0.3) is 0 Å². The van der Waals surface area contributed by atoms with Gasteiger partial charge in [-0.3, -0.25) is 0 Å². The smallest absolute Gasteiger partial charge is 0.126 e. The van der Waals surface area contributed by atoms with Crippen molar-refractivity contribution in [3.8, 4) is 0 Å². The second-order valence-electron chi connectivity index (χ2n) is 3.87. The molecule has 0 fully saturated rings. The zero-order chi connectivity index (χ0) is 14.5. The molecule has 0 unspecified atom stereocenters. The Morgan fingerprint density at radius 3 is 1.65 bits per heavy atom. The minimum absolute atomic E-state index is 0.375. The van der Waals surface area contributed by atoms with Gasteiger partial charge in [0, 0.05) is 0 Å². The molecule has 2 aromatic heterocycles. The quantitative estimate of drug-likeness (QED) is 0.566. The SMILES string of the molecule is Cc1nc(CC=O)sc1SSc1sc(CC=O)nc1C. The molecule has 0 aliphatic heterocycles. The molecule has 0 radical (unpaired) electrons. The summed E-state index contributed by atoms with van der Waals surface area (Å²) in [5.74, 6) is 0. The topological polar surface area (TPSA) is 59.9 Å². The highest BCUT2D eigenvalue weighted by molar-refractivity contribution is 8.77. The van der Waals surface area contributed by atoms with E-state index in [0.29, 0.717) is 12.8 Å². The van der Waals surface area contributed by atoms with Crippen LogP contribution < -0.4 is 0 Å². The van der Waals surface area contributed by atoms with Crippen LogP contribution in [0.1, 0.15) is 21.4 Å². The third kappa shape index (κ3) is 3.91. The fraction of sp³-hybridized carbons (Fsp3) is 0.333. The van der Waals surface area contributed by atoms with Crippen LogP contribution >= 0.6 is 44.3 Å². The van der Waals surface area contributed by atoms with Gasteiger partial charge in [-0.1, -0.05) is 0 Å². The van der Waals surface area contributed by atoms with Crippen LogP contribution in [0.4, 0.5) is 0 Å². The molecular weight excluding hydrogens is 332 g/mol. The van der Waals surface area contributed by atoms with E-state index < -0.39 is 0 Å². The highest BCUT2D eigenvalue weighted by Crippen LogP contribution is 2.45. The summed E-state index contributed by atoms with van der Waals surface area (Å²) in [4.78, 5) is 29.7. The molecule has 106 valence electrons. The molecule has 0 spiro atoms. The number of rotatable bonds is 7. The van der Waals surface area contributed by atoms with Gasteiger partial charge in [-0.2, -0.15) is 0 Å². The first kappa shape index (κ1) is 15.7. The van der Waals surface area contributed by atoms with Gasteiger partial charge in [0.15, 0.2) is 0 Å². The first-order valence-corrected chi connectivity index (χ1v) is 9.56. The van der Waals surface area contributed by atoms with Crippen molar-refractivity contribution in [1.29, 1.82) is 0 Å². The van der Waals surface area contributed by atoms with Gasteiger partial charge in [-0.15, -0.1) is 22.7 Å².